The zero-order chi connectivity index (χ0) is 22.6. The van der Waals surface area contributed by atoms with Crippen molar-refractivity contribution in [2.75, 3.05) is 13.7 Å². The average Bonchev–Trinajstić information content (AvgIpc) is 3.36. The predicted molar refractivity (Wildman–Crippen MR) is 113 cm³/mol. The van der Waals surface area contributed by atoms with Crippen LogP contribution < -0.4 is 5.73 Å². The Labute approximate surface area is 179 Å². The van der Waals surface area contributed by atoms with Crippen LogP contribution in [0.3, 0.4) is 0 Å². The molecule has 160 valence electrons. The third kappa shape index (κ3) is 5.06. The monoisotopic (exact) mass is 421 g/mol. The number of aromatic nitrogens is 3. The Bertz CT molecular complexity index is 1130. The van der Waals surface area contributed by atoms with E-state index in [0.29, 0.717) is 16.9 Å². The van der Waals surface area contributed by atoms with Crippen molar-refractivity contribution in [3.05, 3.63) is 59.4 Å². The first-order valence-corrected chi connectivity index (χ1v) is 9.53. The highest BCUT2D eigenvalue weighted by Crippen LogP contribution is 2.33. The Morgan fingerprint density at radius 2 is 2.03 bits per heavy atom. The van der Waals surface area contributed by atoms with E-state index >= 15 is 0 Å². The lowest BCUT2D eigenvalue weighted by atomic mass is 10.0. The van der Waals surface area contributed by atoms with Crippen molar-refractivity contribution in [1.29, 1.82) is 5.26 Å². The molecular formula is C22H23N5O4. The van der Waals surface area contributed by atoms with Gasteiger partial charge in [-0.1, -0.05) is 6.07 Å². The summed E-state index contributed by atoms with van der Waals surface area (Å²) in [6, 6.07) is 10.1. The molecule has 0 saturated heterocycles. The summed E-state index contributed by atoms with van der Waals surface area (Å²) >= 11 is 0. The maximum atomic E-state index is 10.9. The van der Waals surface area contributed by atoms with Gasteiger partial charge in [-0.3, -0.25) is 0 Å². The molecule has 4 N–H and O–H groups in total. The number of benzene rings is 1. The van der Waals surface area contributed by atoms with Crippen molar-refractivity contribution >= 4 is 5.97 Å². The van der Waals surface area contributed by atoms with Crippen LogP contribution in [0.1, 0.15) is 34.3 Å². The van der Waals surface area contributed by atoms with Crippen molar-refractivity contribution in [2.45, 2.75) is 25.3 Å². The van der Waals surface area contributed by atoms with Crippen molar-refractivity contribution in [1.82, 2.24) is 14.8 Å². The van der Waals surface area contributed by atoms with Crippen LogP contribution in [0, 0.1) is 18.3 Å². The van der Waals surface area contributed by atoms with Gasteiger partial charge in [0.05, 0.1) is 35.6 Å². The van der Waals surface area contributed by atoms with E-state index in [2.05, 4.69) is 16.2 Å². The Kier molecular flexibility index (Phi) is 6.34. The minimum absolute atomic E-state index is 0.0496. The first-order chi connectivity index (χ1) is 14.8. The van der Waals surface area contributed by atoms with Crippen molar-refractivity contribution < 1.29 is 19.7 Å². The number of methoxy groups -OCH3 is 1. The quantitative estimate of drug-likeness (QED) is 0.569. The summed E-state index contributed by atoms with van der Waals surface area (Å²) in [6.45, 7) is 2.57. The van der Waals surface area contributed by atoms with Gasteiger partial charge in [-0.2, -0.15) is 15.0 Å². The summed E-state index contributed by atoms with van der Waals surface area (Å²) in [7, 11) is 1.69. The van der Waals surface area contributed by atoms with Crippen molar-refractivity contribution in [3.8, 4) is 28.9 Å². The summed E-state index contributed by atoms with van der Waals surface area (Å²) in [5.74, 6) is -0.888. The number of aryl methyl sites for hydroxylation is 1. The van der Waals surface area contributed by atoms with Gasteiger partial charge < -0.3 is 20.7 Å². The van der Waals surface area contributed by atoms with E-state index in [1.54, 1.807) is 25.3 Å². The number of ether oxygens (including phenoxy) is 1. The summed E-state index contributed by atoms with van der Waals surface area (Å²) in [5.41, 5.74) is 8.38. The first-order valence-electron chi connectivity index (χ1n) is 9.53. The van der Waals surface area contributed by atoms with Gasteiger partial charge in [0.2, 0.25) is 5.88 Å². The van der Waals surface area contributed by atoms with Crippen LogP contribution in [0.5, 0.6) is 5.88 Å². The standard InChI is InChI=1S/C17H12N4O3.C5H11NO/c1-10-6-11(7-18)2-4-13(10)14-9-20-21(16(14)22)15-5-3-12(8-19-15)17(23)24;1-7-4-5(6)2-3-5/h2-6,8-9,22H,1H3,(H,23,24);2-4,6H2,1H3. The molecule has 0 aliphatic heterocycles. The van der Waals surface area contributed by atoms with Crippen molar-refractivity contribution in [2.24, 2.45) is 5.73 Å². The van der Waals surface area contributed by atoms with Gasteiger partial charge in [-0.15, -0.1) is 0 Å². The third-order valence-corrected chi connectivity index (χ3v) is 4.93. The largest absolute Gasteiger partial charge is 0.493 e. The molecule has 1 aliphatic carbocycles. The number of pyridine rings is 1. The zero-order valence-corrected chi connectivity index (χ0v) is 17.2. The van der Waals surface area contributed by atoms with E-state index < -0.39 is 5.97 Å². The Balaban J connectivity index is 0.000000330. The number of aromatic hydroxyl groups is 1. The van der Waals surface area contributed by atoms with Gasteiger partial charge in [0.1, 0.15) is 0 Å². The molecule has 1 aromatic carbocycles. The Morgan fingerprint density at radius 3 is 2.52 bits per heavy atom. The number of nitrogens with zero attached hydrogens (tertiary/aromatic N) is 4. The molecule has 2 aromatic heterocycles. The van der Waals surface area contributed by atoms with E-state index in [1.165, 1.54) is 29.2 Å². The molecule has 1 fully saturated rings. The topological polar surface area (TPSA) is 147 Å². The second kappa shape index (κ2) is 8.95. The number of carboxylic acids is 1. The molecule has 3 aromatic rings. The summed E-state index contributed by atoms with van der Waals surface area (Å²) in [5, 5.41) is 32.4. The highest BCUT2D eigenvalue weighted by Gasteiger charge is 2.37. The van der Waals surface area contributed by atoms with E-state index in [9.17, 15) is 9.90 Å². The van der Waals surface area contributed by atoms with Crippen LogP contribution in [-0.2, 0) is 4.74 Å². The molecule has 9 heteroatoms. The van der Waals surface area contributed by atoms with Crippen LogP contribution in [0.25, 0.3) is 16.9 Å². The molecular weight excluding hydrogens is 398 g/mol. The van der Waals surface area contributed by atoms with Gasteiger partial charge in [0.15, 0.2) is 5.82 Å². The summed E-state index contributed by atoms with van der Waals surface area (Å²) in [6.07, 6.45) is 4.98. The number of hydrogen-bond donors (Lipinski definition) is 3. The predicted octanol–water partition coefficient (Wildman–Crippen LogP) is 2.64. The van der Waals surface area contributed by atoms with Gasteiger partial charge in [-0.25, -0.2) is 9.78 Å². The molecule has 1 saturated carbocycles. The van der Waals surface area contributed by atoms with Crippen LogP contribution in [0.4, 0.5) is 0 Å². The smallest absolute Gasteiger partial charge is 0.337 e. The van der Waals surface area contributed by atoms with E-state index in [4.69, 9.17) is 20.8 Å². The minimum Gasteiger partial charge on any atom is -0.493 e. The molecule has 0 amide bonds. The number of rotatable bonds is 5. The van der Waals surface area contributed by atoms with Gasteiger partial charge in [-0.05, 0) is 55.2 Å². The average molecular weight is 421 g/mol. The maximum absolute atomic E-state index is 10.9. The second-order valence-corrected chi connectivity index (χ2v) is 7.44. The highest BCUT2D eigenvalue weighted by atomic mass is 16.5. The number of aromatic carboxylic acids is 1. The molecule has 9 nitrogen and oxygen atoms in total. The van der Waals surface area contributed by atoms with Crippen LogP contribution in [0.15, 0.2) is 42.7 Å². The van der Waals surface area contributed by atoms with Gasteiger partial charge in [0.25, 0.3) is 0 Å². The van der Waals surface area contributed by atoms with Crippen LogP contribution in [-0.4, -0.2) is 50.2 Å². The number of nitrogens with two attached hydrogens (primary N) is 1. The zero-order valence-electron chi connectivity index (χ0n) is 17.2. The number of hydrogen-bond acceptors (Lipinski definition) is 7. The molecule has 31 heavy (non-hydrogen) atoms. The fraction of sp³-hybridized carbons (Fsp3) is 0.273. The number of carbonyl (C=O) groups is 1. The minimum atomic E-state index is -1.08. The summed E-state index contributed by atoms with van der Waals surface area (Å²) < 4.78 is 6.06. The SMILES string of the molecule is COCC1(N)CC1.Cc1cc(C#N)ccc1-c1cnn(-c2ccc(C(=O)O)cn2)c1O. The molecule has 0 unspecified atom stereocenters. The van der Waals surface area contributed by atoms with Crippen LogP contribution >= 0.6 is 0 Å². The van der Waals surface area contributed by atoms with E-state index in [0.717, 1.165) is 30.6 Å². The fourth-order valence-corrected chi connectivity index (χ4v) is 2.97. The fourth-order valence-electron chi connectivity index (χ4n) is 2.97. The highest BCUT2D eigenvalue weighted by molar-refractivity contribution is 5.87. The van der Waals surface area contributed by atoms with E-state index in [-0.39, 0.29) is 17.0 Å². The lowest BCUT2D eigenvalue weighted by Gasteiger charge is -2.06. The number of nitriles is 1. The molecule has 4 rings (SSSR count). The Hall–Kier alpha value is -3.74. The first kappa shape index (κ1) is 22.0. The molecule has 0 bridgehead atoms. The second-order valence-electron chi connectivity index (χ2n) is 7.44. The maximum Gasteiger partial charge on any atom is 0.337 e. The summed E-state index contributed by atoms with van der Waals surface area (Å²) in [4.78, 5) is 14.9. The third-order valence-electron chi connectivity index (χ3n) is 4.93. The van der Waals surface area contributed by atoms with Crippen LogP contribution in [0.2, 0.25) is 0 Å². The lowest BCUT2D eigenvalue weighted by molar-refractivity contribution is 0.0696. The van der Waals surface area contributed by atoms with Gasteiger partial charge in [0, 0.05) is 18.8 Å². The Morgan fingerprint density at radius 1 is 1.29 bits per heavy atom. The molecule has 0 radical (unpaired) electrons. The normalized spacial score (nSPS) is 13.6. The van der Waals surface area contributed by atoms with E-state index in [1.807, 2.05) is 6.92 Å². The molecule has 0 spiro atoms. The molecule has 0 atom stereocenters. The van der Waals surface area contributed by atoms with Crippen molar-refractivity contribution in [3.63, 3.8) is 0 Å². The number of carboxylic acid groups (broad SMARTS) is 1. The molecule has 2 heterocycles. The molecule has 1 aliphatic rings. The lowest BCUT2D eigenvalue weighted by Crippen LogP contribution is -2.27. The van der Waals surface area contributed by atoms with Gasteiger partial charge >= 0.3 is 5.97 Å².